The van der Waals surface area contributed by atoms with Gasteiger partial charge in [0.15, 0.2) is 11.5 Å². The van der Waals surface area contributed by atoms with Gasteiger partial charge in [0.05, 0.1) is 0 Å². The molecule has 0 saturated carbocycles. The van der Waals surface area contributed by atoms with Crippen LogP contribution in [0.3, 0.4) is 0 Å². The second-order valence-electron chi connectivity index (χ2n) is 6.38. The van der Waals surface area contributed by atoms with Crippen molar-refractivity contribution in [2.24, 2.45) is 16.6 Å². The summed E-state index contributed by atoms with van der Waals surface area (Å²) in [5, 5.41) is 14.8. The number of furan rings is 1. The quantitative estimate of drug-likeness (QED) is 0.198. The number of aliphatic carboxylic acids is 1. The number of carboxylic acids is 1. The van der Waals surface area contributed by atoms with Gasteiger partial charge in [-0.05, 0) is 12.1 Å². The molecule has 0 bridgehead atoms. The molecule has 6 N–H and O–H groups in total. The molecular weight excluding hydrogens is 450 g/mol. The summed E-state index contributed by atoms with van der Waals surface area (Å²) in [7, 11) is 1.18. The van der Waals surface area contributed by atoms with Crippen LogP contribution in [-0.4, -0.2) is 76.4 Å². The average Bonchev–Trinajstić information content (AvgIpc) is 3.23. The van der Waals surface area contributed by atoms with Gasteiger partial charge in [-0.25, -0.2) is 9.59 Å². The molecule has 2 aliphatic rings. The van der Waals surface area contributed by atoms with Crippen molar-refractivity contribution in [2.75, 3.05) is 19.5 Å². The van der Waals surface area contributed by atoms with Crippen LogP contribution in [0.1, 0.15) is 16.3 Å². The number of carbonyl (C=O) groups excluding carboxylic acids is 4. The van der Waals surface area contributed by atoms with Crippen molar-refractivity contribution < 1.29 is 43.1 Å². The number of primary amides is 2. The van der Waals surface area contributed by atoms with E-state index in [1.807, 2.05) is 0 Å². The highest BCUT2D eigenvalue weighted by Gasteiger charge is 2.54. The number of nitrogens with two attached hydrogens (primary N) is 2. The van der Waals surface area contributed by atoms with E-state index < -0.39 is 41.2 Å². The minimum Gasteiger partial charge on any atom is -0.477 e. The van der Waals surface area contributed by atoms with Gasteiger partial charge in [-0.2, -0.15) is 0 Å². The Morgan fingerprint density at radius 1 is 1.31 bits per heavy atom. The van der Waals surface area contributed by atoms with Crippen molar-refractivity contribution in [3.8, 4) is 0 Å². The Labute approximate surface area is 183 Å². The van der Waals surface area contributed by atoms with E-state index in [1.165, 1.54) is 19.2 Å². The van der Waals surface area contributed by atoms with Gasteiger partial charge < -0.3 is 35.9 Å². The number of thioether (sulfide) groups is 1. The normalized spacial score (nSPS) is 20.2. The number of amides is 4. The third kappa shape index (κ3) is 4.22. The van der Waals surface area contributed by atoms with Crippen molar-refractivity contribution in [3.63, 3.8) is 0 Å². The molecular formula is C17H17N5O9S. The minimum atomic E-state index is -1.40. The third-order valence-corrected chi connectivity index (χ3v) is 5.74. The van der Waals surface area contributed by atoms with Crippen molar-refractivity contribution in [1.29, 1.82) is 0 Å². The standard InChI is InChI=1S/C17H17N5O9S/c1-29-21-9(7-2-3-8(31-7)12(18)23)13(24)20-10-14(25)22-11(16(26)27)6(4-30-17(19)28)5-32-15(10)22/h2-3,10,15H,4-5H2,1H3,(H2,18,23)(H2,19,28)(H,20,24)(H,26,27)/b21-9-/t10-,15-/m1/s1. The van der Waals surface area contributed by atoms with Crippen LogP contribution >= 0.6 is 11.8 Å². The second kappa shape index (κ2) is 9.01. The number of oxime groups is 1. The number of nitrogens with zero attached hydrogens (tertiary/aromatic N) is 2. The minimum absolute atomic E-state index is 0.120. The van der Waals surface area contributed by atoms with Gasteiger partial charge in [0.25, 0.3) is 17.7 Å². The maximum absolute atomic E-state index is 12.7. The Kier molecular flexibility index (Phi) is 6.38. The first-order valence-electron chi connectivity index (χ1n) is 8.80. The fourth-order valence-corrected chi connectivity index (χ4v) is 4.38. The largest absolute Gasteiger partial charge is 0.477 e. The van der Waals surface area contributed by atoms with Gasteiger partial charge in [0, 0.05) is 11.3 Å². The molecule has 3 heterocycles. The van der Waals surface area contributed by atoms with Crippen molar-refractivity contribution in [2.45, 2.75) is 11.4 Å². The number of fused-ring (bicyclic) bond motifs is 1. The number of rotatable bonds is 8. The summed E-state index contributed by atoms with van der Waals surface area (Å²) in [6.07, 6.45) is -1.09. The molecule has 0 radical (unpaired) electrons. The maximum atomic E-state index is 12.7. The fourth-order valence-electron chi connectivity index (χ4n) is 3.05. The van der Waals surface area contributed by atoms with Crippen LogP contribution in [0.5, 0.6) is 0 Å². The molecule has 1 aromatic rings. The van der Waals surface area contributed by atoms with E-state index in [2.05, 4.69) is 20.0 Å². The highest BCUT2D eigenvalue weighted by Crippen LogP contribution is 2.40. The Hall–Kier alpha value is -4.01. The molecule has 1 saturated heterocycles. The van der Waals surface area contributed by atoms with Gasteiger partial charge in [0.2, 0.25) is 5.71 Å². The third-order valence-electron chi connectivity index (χ3n) is 4.40. The lowest BCUT2D eigenvalue weighted by Gasteiger charge is -2.49. The Morgan fingerprint density at radius 2 is 2.00 bits per heavy atom. The molecule has 0 spiro atoms. The van der Waals surface area contributed by atoms with Crippen LogP contribution in [0.2, 0.25) is 0 Å². The highest BCUT2D eigenvalue weighted by atomic mass is 32.2. The number of hydrogen-bond acceptors (Lipinski definition) is 10. The summed E-state index contributed by atoms with van der Waals surface area (Å²) in [6.45, 7) is -0.386. The second-order valence-corrected chi connectivity index (χ2v) is 7.48. The van der Waals surface area contributed by atoms with Crippen LogP contribution < -0.4 is 16.8 Å². The Bertz CT molecular complexity index is 1060. The number of hydrogen-bond donors (Lipinski definition) is 4. The molecule has 32 heavy (non-hydrogen) atoms. The summed E-state index contributed by atoms with van der Waals surface area (Å²) in [5.41, 5.74) is 9.52. The summed E-state index contributed by atoms with van der Waals surface area (Å²) < 4.78 is 9.82. The van der Waals surface area contributed by atoms with Crippen LogP contribution in [0.25, 0.3) is 0 Å². The topological polar surface area (TPSA) is 217 Å². The SMILES string of the molecule is CO/N=C(\C(=O)N[C@@H]1C(=O)N2C(C(=O)O)=C(COC(N)=O)CS[C@H]12)c1ccc(C(N)=O)o1. The number of carbonyl (C=O) groups is 5. The van der Waals surface area contributed by atoms with Gasteiger partial charge in [-0.3, -0.25) is 19.3 Å². The number of nitrogens with one attached hydrogen (secondary N) is 1. The monoisotopic (exact) mass is 467 g/mol. The van der Waals surface area contributed by atoms with E-state index >= 15 is 0 Å². The van der Waals surface area contributed by atoms with Crippen molar-refractivity contribution >= 4 is 47.3 Å². The molecule has 1 fully saturated rings. The number of carboxylic acid groups (broad SMARTS) is 1. The van der Waals surface area contributed by atoms with E-state index in [1.54, 1.807) is 0 Å². The van der Waals surface area contributed by atoms with E-state index in [4.69, 9.17) is 15.9 Å². The summed E-state index contributed by atoms with van der Waals surface area (Å²) in [5.74, 6) is -4.04. The first kappa shape index (κ1) is 22.7. The lowest BCUT2D eigenvalue weighted by Crippen LogP contribution is -2.71. The number of β-lactam (4-membered cyclic amide) rings is 1. The lowest BCUT2D eigenvalue weighted by molar-refractivity contribution is -0.150. The van der Waals surface area contributed by atoms with Crippen LogP contribution in [0, 0.1) is 0 Å². The summed E-state index contributed by atoms with van der Waals surface area (Å²) in [4.78, 5) is 64.7. The molecule has 2 aliphatic heterocycles. The van der Waals surface area contributed by atoms with E-state index in [-0.39, 0.29) is 40.9 Å². The predicted octanol–water partition coefficient (Wildman–Crippen LogP) is -1.44. The highest BCUT2D eigenvalue weighted by molar-refractivity contribution is 8.00. The molecule has 3 rings (SSSR count). The smallest absolute Gasteiger partial charge is 0.404 e. The van der Waals surface area contributed by atoms with E-state index in [0.717, 1.165) is 16.7 Å². The molecule has 0 unspecified atom stereocenters. The first-order chi connectivity index (χ1) is 15.1. The zero-order valence-corrected chi connectivity index (χ0v) is 17.2. The van der Waals surface area contributed by atoms with Gasteiger partial charge in [0.1, 0.15) is 30.8 Å². The molecule has 170 valence electrons. The Morgan fingerprint density at radius 3 is 2.56 bits per heavy atom. The maximum Gasteiger partial charge on any atom is 0.404 e. The molecule has 15 heteroatoms. The molecule has 14 nitrogen and oxygen atoms in total. The van der Waals surface area contributed by atoms with Crippen LogP contribution in [0.15, 0.2) is 33.0 Å². The summed E-state index contributed by atoms with van der Waals surface area (Å²) in [6, 6.07) is 1.44. The van der Waals surface area contributed by atoms with Crippen LogP contribution in [-0.2, 0) is 24.0 Å². The van der Waals surface area contributed by atoms with Crippen molar-refractivity contribution in [3.05, 3.63) is 34.9 Å². The molecule has 4 amide bonds. The number of ether oxygens (including phenoxy) is 1. The predicted molar refractivity (Wildman–Crippen MR) is 106 cm³/mol. The van der Waals surface area contributed by atoms with Crippen molar-refractivity contribution in [1.82, 2.24) is 10.2 Å². The fraction of sp³-hybridized carbons (Fsp3) is 0.294. The zero-order chi connectivity index (χ0) is 23.6. The van der Waals surface area contributed by atoms with Gasteiger partial charge in [-0.15, -0.1) is 11.8 Å². The van der Waals surface area contributed by atoms with Gasteiger partial charge in [-0.1, -0.05) is 5.16 Å². The van der Waals surface area contributed by atoms with Gasteiger partial charge >= 0.3 is 12.1 Å². The molecule has 2 atom stereocenters. The summed E-state index contributed by atoms with van der Waals surface area (Å²) >= 11 is 1.16. The lowest BCUT2D eigenvalue weighted by atomic mass is 10.0. The molecule has 1 aromatic heterocycles. The molecule has 0 aliphatic carbocycles. The molecule has 0 aromatic carbocycles. The average molecular weight is 467 g/mol. The first-order valence-corrected chi connectivity index (χ1v) is 9.84. The van der Waals surface area contributed by atoms with E-state index in [0.29, 0.717) is 0 Å². The zero-order valence-electron chi connectivity index (χ0n) is 16.4. The van der Waals surface area contributed by atoms with E-state index in [9.17, 15) is 29.1 Å². The Balaban J connectivity index is 1.78. The van der Waals surface area contributed by atoms with Crippen LogP contribution in [0.4, 0.5) is 4.79 Å².